The first-order valence-corrected chi connectivity index (χ1v) is 8.68. The van der Waals surface area contributed by atoms with Gasteiger partial charge >= 0.3 is 0 Å². The van der Waals surface area contributed by atoms with E-state index in [9.17, 15) is 0 Å². The molecule has 0 aliphatic carbocycles. The van der Waals surface area contributed by atoms with Crippen molar-refractivity contribution >= 4 is 27.7 Å². The molecule has 1 aromatic carbocycles. The zero-order valence-corrected chi connectivity index (χ0v) is 14.2. The number of hydrogen-bond acceptors (Lipinski definition) is 4. The highest BCUT2D eigenvalue weighted by molar-refractivity contribution is 9.10. The Hall–Kier alpha value is -1.04. The SMILES string of the molecule is CCNC1c2ccccc2OCC1Sc1ccc(Br)cn1. The summed E-state index contributed by atoms with van der Waals surface area (Å²) < 4.78 is 6.91. The maximum absolute atomic E-state index is 5.91. The quantitative estimate of drug-likeness (QED) is 0.887. The molecule has 0 saturated heterocycles. The molecule has 2 unspecified atom stereocenters. The van der Waals surface area contributed by atoms with Crippen molar-refractivity contribution < 1.29 is 4.74 Å². The largest absolute Gasteiger partial charge is 0.492 e. The van der Waals surface area contributed by atoms with Crippen LogP contribution >= 0.6 is 27.7 Å². The van der Waals surface area contributed by atoms with Gasteiger partial charge in [-0.3, -0.25) is 0 Å². The van der Waals surface area contributed by atoms with Gasteiger partial charge in [0.05, 0.1) is 16.3 Å². The lowest BCUT2D eigenvalue weighted by Gasteiger charge is -2.33. The van der Waals surface area contributed by atoms with Crippen molar-refractivity contribution in [2.75, 3.05) is 13.2 Å². The van der Waals surface area contributed by atoms with Crippen molar-refractivity contribution in [3.8, 4) is 5.75 Å². The van der Waals surface area contributed by atoms with E-state index in [-0.39, 0.29) is 6.04 Å². The third-order valence-electron chi connectivity index (χ3n) is 3.43. The molecule has 0 spiro atoms. The molecule has 110 valence electrons. The van der Waals surface area contributed by atoms with E-state index in [2.05, 4.69) is 45.3 Å². The fraction of sp³-hybridized carbons (Fsp3) is 0.312. The highest BCUT2D eigenvalue weighted by atomic mass is 79.9. The van der Waals surface area contributed by atoms with E-state index < -0.39 is 0 Å². The number of nitrogens with zero attached hydrogens (tertiary/aromatic N) is 1. The number of hydrogen-bond donors (Lipinski definition) is 1. The lowest BCUT2D eigenvalue weighted by atomic mass is 10.0. The predicted molar refractivity (Wildman–Crippen MR) is 89.9 cm³/mol. The van der Waals surface area contributed by atoms with E-state index in [4.69, 9.17) is 4.74 Å². The van der Waals surface area contributed by atoms with Crippen LogP contribution in [0.2, 0.25) is 0 Å². The fourth-order valence-corrected chi connectivity index (χ4v) is 3.81. The summed E-state index contributed by atoms with van der Waals surface area (Å²) in [4.78, 5) is 4.46. The second-order valence-electron chi connectivity index (χ2n) is 4.86. The molecule has 5 heteroatoms. The number of nitrogens with one attached hydrogen (secondary N) is 1. The number of rotatable bonds is 4. The summed E-state index contributed by atoms with van der Waals surface area (Å²) in [6.07, 6.45) is 1.84. The van der Waals surface area contributed by atoms with E-state index in [1.165, 1.54) is 5.56 Å². The molecule has 2 aromatic rings. The van der Waals surface area contributed by atoms with Gasteiger partial charge in [-0.25, -0.2) is 4.98 Å². The Morgan fingerprint density at radius 3 is 2.95 bits per heavy atom. The topological polar surface area (TPSA) is 34.1 Å². The Morgan fingerprint density at radius 2 is 2.19 bits per heavy atom. The van der Waals surface area contributed by atoms with Crippen molar-refractivity contribution in [2.45, 2.75) is 23.2 Å². The average molecular weight is 365 g/mol. The standard InChI is InChI=1S/C16H17BrN2OS/c1-2-18-16-12-5-3-4-6-13(12)20-10-14(16)21-15-8-7-11(17)9-19-15/h3-9,14,16,18H,2,10H2,1H3. The molecule has 1 aliphatic rings. The summed E-state index contributed by atoms with van der Waals surface area (Å²) in [7, 11) is 0. The van der Waals surface area contributed by atoms with E-state index in [0.29, 0.717) is 11.9 Å². The molecule has 2 heterocycles. The van der Waals surface area contributed by atoms with Gasteiger partial charge in [-0.15, -0.1) is 0 Å². The Balaban J connectivity index is 1.83. The number of fused-ring (bicyclic) bond motifs is 1. The molecule has 2 atom stereocenters. The molecule has 1 aromatic heterocycles. The minimum Gasteiger partial charge on any atom is -0.492 e. The lowest BCUT2D eigenvalue weighted by molar-refractivity contribution is 0.261. The van der Waals surface area contributed by atoms with Gasteiger partial charge < -0.3 is 10.1 Å². The second kappa shape index (κ2) is 6.81. The van der Waals surface area contributed by atoms with Gasteiger partial charge in [-0.05, 0) is 40.7 Å². The molecular formula is C16H17BrN2OS. The van der Waals surface area contributed by atoms with E-state index in [1.807, 2.05) is 30.5 Å². The lowest BCUT2D eigenvalue weighted by Crippen LogP contribution is -2.37. The van der Waals surface area contributed by atoms with Crippen LogP contribution in [0.15, 0.2) is 52.1 Å². The zero-order valence-electron chi connectivity index (χ0n) is 11.8. The van der Waals surface area contributed by atoms with Crippen LogP contribution in [-0.2, 0) is 0 Å². The highest BCUT2D eigenvalue weighted by Crippen LogP contribution is 2.39. The molecule has 0 saturated carbocycles. The zero-order chi connectivity index (χ0) is 14.7. The van der Waals surface area contributed by atoms with Crippen LogP contribution in [-0.4, -0.2) is 23.4 Å². The number of benzene rings is 1. The van der Waals surface area contributed by atoms with Gasteiger partial charge in [-0.1, -0.05) is 36.9 Å². The third kappa shape index (κ3) is 3.42. The first kappa shape index (κ1) is 14.9. The van der Waals surface area contributed by atoms with Crippen LogP contribution in [0.3, 0.4) is 0 Å². The van der Waals surface area contributed by atoms with Gasteiger partial charge in [-0.2, -0.15) is 0 Å². The number of halogens is 1. The van der Waals surface area contributed by atoms with Gasteiger partial charge in [0.25, 0.3) is 0 Å². The molecule has 0 radical (unpaired) electrons. The summed E-state index contributed by atoms with van der Waals surface area (Å²) in [5.41, 5.74) is 1.24. The van der Waals surface area contributed by atoms with Crippen molar-refractivity contribution in [1.29, 1.82) is 0 Å². The molecule has 0 bridgehead atoms. The molecule has 3 rings (SSSR count). The monoisotopic (exact) mass is 364 g/mol. The molecule has 3 nitrogen and oxygen atoms in total. The van der Waals surface area contributed by atoms with E-state index in [1.54, 1.807) is 11.8 Å². The van der Waals surface area contributed by atoms with Crippen molar-refractivity contribution in [2.24, 2.45) is 0 Å². The Labute approximate surface area is 137 Å². The number of aromatic nitrogens is 1. The number of thioether (sulfide) groups is 1. The Morgan fingerprint density at radius 1 is 1.33 bits per heavy atom. The van der Waals surface area contributed by atoms with Crippen molar-refractivity contribution in [3.05, 3.63) is 52.6 Å². The smallest absolute Gasteiger partial charge is 0.124 e. The number of ether oxygens (including phenoxy) is 1. The first-order valence-electron chi connectivity index (χ1n) is 7.01. The van der Waals surface area contributed by atoms with Gasteiger partial charge in [0, 0.05) is 16.2 Å². The normalized spacial score (nSPS) is 20.7. The van der Waals surface area contributed by atoms with Crippen LogP contribution < -0.4 is 10.1 Å². The van der Waals surface area contributed by atoms with E-state index in [0.717, 1.165) is 21.8 Å². The van der Waals surface area contributed by atoms with Crippen LogP contribution in [0.5, 0.6) is 5.75 Å². The molecule has 21 heavy (non-hydrogen) atoms. The Bertz CT molecular complexity index is 605. The first-order chi connectivity index (χ1) is 10.3. The molecule has 1 N–H and O–H groups in total. The Kier molecular flexibility index (Phi) is 4.83. The van der Waals surface area contributed by atoms with Gasteiger partial charge in [0.1, 0.15) is 12.4 Å². The van der Waals surface area contributed by atoms with Crippen LogP contribution in [0.1, 0.15) is 18.5 Å². The maximum atomic E-state index is 5.91. The average Bonchev–Trinajstić information content (AvgIpc) is 2.52. The molecular weight excluding hydrogens is 348 g/mol. The van der Waals surface area contributed by atoms with Crippen LogP contribution in [0.25, 0.3) is 0 Å². The number of pyridine rings is 1. The third-order valence-corrected chi connectivity index (χ3v) is 5.09. The maximum Gasteiger partial charge on any atom is 0.124 e. The van der Waals surface area contributed by atoms with Crippen molar-refractivity contribution in [1.82, 2.24) is 10.3 Å². The minimum absolute atomic E-state index is 0.287. The summed E-state index contributed by atoms with van der Waals surface area (Å²) in [6.45, 7) is 3.76. The van der Waals surface area contributed by atoms with E-state index >= 15 is 0 Å². The van der Waals surface area contributed by atoms with Crippen LogP contribution in [0, 0.1) is 0 Å². The summed E-state index contributed by atoms with van der Waals surface area (Å²) in [6, 6.07) is 12.6. The number of para-hydroxylation sites is 1. The highest BCUT2D eigenvalue weighted by Gasteiger charge is 2.31. The van der Waals surface area contributed by atoms with Crippen molar-refractivity contribution in [3.63, 3.8) is 0 Å². The molecule has 0 fully saturated rings. The molecule has 0 amide bonds. The second-order valence-corrected chi connectivity index (χ2v) is 7.03. The molecule has 1 aliphatic heterocycles. The van der Waals surface area contributed by atoms with Crippen LogP contribution in [0.4, 0.5) is 0 Å². The predicted octanol–water partition coefficient (Wildman–Crippen LogP) is 4.05. The van der Waals surface area contributed by atoms with Gasteiger partial charge in [0.2, 0.25) is 0 Å². The minimum atomic E-state index is 0.287. The fourth-order valence-electron chi connectivity index (χ4n) is 2.49. The van der Waals surface area contributed by atoms with Gasteiger partial charge in [0.15, 0.2) is 0 Å². The summed E-state index contributed by atoms with van der Waals surface area (Å²) in [5, 5.41) is 4.92. The summed E-state index contributed by atoms with van der Waals surface area (Å²) in [5.74, 6) is 0.990. The summed E-state index contributed by atoms with van der Waals surface area (Å²) >= 11 is 5.19.